The van der Waals surface area contributed by atoms with Crippen LogP contribution in [0.4, 0.5) is 0 Å². The van der Waals surface area contributed by atoms with Crippen molar-refractivity contribution in [1.29, 1.82) is 0 Å². The van der Waals surface area contributed by atoms with E-state index in [1.54, 1.807) is 25.5 Å². The van der Waals surface area contributed by atoms with Gasteiger partial charge in [0, 0.05) is 25.0 Å². The molecule has 134 valence electrons. The van der Waals surface area contributed by atoms with E-state index >= 15 is 0 Å². The summed E-state index contributed by atoms with van der Waals surface area (Å²) < 4.78 is 5.50. The van der Waals surface area contributed by atoms with Crippen LogP contribution in [0, 0.1) is 0 Å². The smallest absolute Gasteiger partial charge is 0.277 e. The molecule has 8 nitrogen and oxygen atoms in total. The minimum atomic E-state index is -0.331. The van der Waals surface area contributed by atoms with E-state index in [-0.39, 0.29) is 29.7 Å². The van der Waals surface area contributed by atoms with E-state index in [4.69, 9.17) is 4.42 Å². The number of aromatic nitrogens is 3. The quantitative estimate of drug-likeness (QED) is 0.778. The zero-order valence-electron chi connectivity index (χ0n) is 14.6. The summed E-state index contributed by atoms with van der Waals surface area (Å²) >= 11 is 1.13. The molecule has 0 saturated carbocycles. The predicted molar refractivity (Wildman–Crippen MR) is 93.8 cm³/mol. The van der Waals surface area contributed by atoms with Crippen molar-refractivity contribution in [3.63, 3.8) is 0 Å². The number of rotatable bonds is 6. The molecule has 0 aliphatic carbocycles. The van der Waals surface area contributed by atoms with Crippen molar-refractivity contribution in [3.05, 3.63) is 24.5 Å². The summed E-state index contributed by atoms with van der Waals surface area (Å²) in [4.78, 5) is 29.3. The average Bonchev–Trinajstić information content (AvgIpc) is 3.00. The predicted octanol–water partition coefficient (Wildman–Crippen LogP) is 1.60. The highest BCUT2D eigenvalue weighted by molar-refractivity contribution is 7.99. The molecule has 2 rings (SSSR count). The van der Waals surface area contributed by atoms with E-state index < -0.39 is 0 Å². The first-order valence-corrected chi connectivity index (χ1v) is 8.65. The zero-order chi connectivity index (χ0) is 18.4. The largest absolute Gasteiger partial charge is 0.411 e. The molecule has 0 aliphatic heterocycles. The third-order valence-electron chi connectivity index (χ3n) is 2.96. The van der Waals surface area contributed by atoms with Gasteiger partial charge < -0.3 is 14.6 Å². The molecule has 2 aromatic heterocycles. The summed E-state index contributed by atoms with van der Waals surface area (Å²) in [5.74, 6) is 0.0506. The van der Waals surface area contributed by atoms with Gasteiger partial charge >= 0.3 is 0 Å². The SMILES string of the molecule is CN(CC(=O)NC(C)(C)C)C(=O)CSc1nnc(-c2cccnc2)o1. The van der Waals surface area contributed by atoms with Gasteiger partial charge in [0.1, 0.15) is 0 Å². The molecule has 25 heavy (non-hydrogen) atoms. The first-order chi connectivity index (χ1) is 11.7. The molecule has 2 heterocycles. The first kappa shape index (κ1) is 18.9. The van der Waals surface area contributed by atoms with Crippen LogP contribution in [0.1, 0.15) is 20.8 Å². The minimum absolute atomic E-state index is 0.00142. The second-order valence-corrected chi connectivity index (χ2v) is 7.38. The molecule has 0 saturated heterocycles. The number of amides is 2. The Balaban J connectivity index is 1.84. The Labute approximate surface area is 150 Å². The number of pyridine rings is 1. The molecule has 0 radical (unpaired) electrons. The van der Waals surface area contributed by atoms with Crippen LogP contribution in [0.3, 0.4) is 0 Å². The van der Waals surface area contributed by atoms with Crippen LogP contribution < -0.4 is 5.32 Å². The number of hydrogen-bond donors (Lipinski definition) is 1. The van der Waals surface area contributed by atoms with Gasteiger partial charge in [0.05, 0.1) is 17.9 Å². The van der Waals surface area contributed by atoms with Crippen LogP contribution in [-0.2, 0) is 9.59 Å². The molecular formula is C16H21N5O3S. The highest BCUT2D eigenvalue weighted by Crippen LogP contribution is 2.22. The number of nitrogens with one attached hydrogen (secondary N) is 1. The Morgan fingerprint density at radius 2 is 2.08 bits per heavy atom. The Kier molecular flexibility index (Phi) is 6.13. The minimum Gasteiger partial charge on any atom is -0.411 e. The number of likely N-dealkylation sites (N-methyl/N-ethyl adjacent to an activating group) is 1. The van der Waals surface area contributed by atoms with Gasteiger partial charge in [0.25, 0.3) is 5.22 Å². The summed E-state index contributed by atoms with van der Waals surface area (Å²) in [7, 11) is 1.58. The molecule has 9 heteroatoms. The van der Waals surface area contributed by atoms with Crippen molar-refractivity contribution in [1.82, 2.24) is 25.4 Å². The lowest BCUT2D eigenvalue weighted by Crippen LogP contribution is -2.46. The molecule has 0 spiro atoms. The molecule has 0 atom stereocenters. The topological polar surface area (TPSA) is 101 Å². The fraction of sp³-hybridized carbons (Fsp3) is 0.438. The first-order valence-electron chi connectivity index (χ1n) is 7.66. The highest BCUT2D eigenvalue weighted by Gasteiger charge is 2.19. The van der Waals surface area contributed by atoms with E-state index in [1.807, 2.05) is 26.8 Å². The van der Waals surface area contributed by atoms with Crippen LogP contribution in [0.5, 0.6) is 0 Å². The lowest BCUT2D eigenvalue weighted by Gasteiger charge is -2.23. The van der Waals surface area contributed by atoms with E-state index in [9.17, 15) is 9.59 Å². The van der Waals surface area contributed by atoms with E-state index in [1.165, 1.54) is 4.90 Å². The Morgan fingerprint density at radius 3 is 2.72 bits per heavy atom. The fourth-order valence-corrected chi connectivity index (χ4v) is 2.57. The lowest BCUT2D eigenvalue weighted by molar-refractivity contribution is -0.133. The summed E-state index contributed by atoms with van der Waals surface area (Å²) in [5, 5.41) is 10.9. The van der Waals surface area contributed by atoms with Gasteiger partial charge in [-0.15, -0.1) is 10.2 Å². The van der Waals surface area contributed by atoms with Crippen molar-refractivity contribution < 1.29 is 14.0 Å². The molecule has 1 N–H and O–H groups in total. The molecule has 0 aliphatic rings. The van der Waals surface area contributed by atoms with Crippen molar-refractivity contribution in [3.8, 4) is 11.5 Å². The standard InChI is InChI=1S/C16H21N5O3S/c1-16(2,3)18-12(22)9-21(4)13(23)10-25-15-20-19-14(24-15)11-6-5-7-17-8-11/h5-8H,9-10H2,1-4H3,(H,18,22). The third kappa shape index (κ3) is 6.18. The number of hydrogen-bond acceptors (Lipinski definition) is 7. The maximum atomic E-state index is 12.1. The van der Waals surface area contributed by atoms with Crippen LogP contribution in [0.25, 0.3) is 11.5 Å². The Hall–Kier alpha value is -2.42. The number of carbonyl (C=O) groups is 2. The van der Waals surface area contributed by atoms with Gasteiger partial charge in [-0.25, -0.2) is 0 Å². The van der Waals surface area contributed by atoms with Crippen LogP contribution in [-0.4, -0.2) is 56.8 Å². The molecule has 0 aromatic carbocycles. The average molecular weight is 363 g/mol. The number of thioether (sulfide) groups is 1. The second kappa shape index (κ2) is 8.11. The molecule has 0 unspecified atom stereocenters. The molecular weight excluding hydrogens is 342 g/mol. The summed E-state index contributed by atoms with van der Waals surface area (Å²) in [6, 6.07) is 3.58. The molecule has 0 bridgehead atoms. The van der Waals surface area contributed by atoms with E-state index in [0.717, 1.165) is 11.8 Å². The van der Waals surface area contributed by atoms with Crippen molar-refractivity contribution >= 4 is 23.6 Å². The molecule has 0 fully saturated rings. The Bertz CT molecular complexity index is 727. The monoisotopic (exact) mass is 363 g/mol. The summed E-state index contributed by atoms with van der Waals surface area (Å²) in [5.41, 5.74) is 0.381. The van der Waals surface area contributed by atoms with Gasteiger partial charge in [-0.3, -0.25) is 14.6 Å². The van der Waals surface area contributed by atoms with Gasteiger partial charge in [0.15, 0.2) is 0 Å². The normalized spacial score (nSPS) is 11.2. The van der Waals surface area contributed by atoms with Crippen LogP contribution in [0.15, 0.2) is 34.2 Å². The zero-order valence-corrected chi connectivity index (χ0v) is 15.5. The van der Waals surface area contributed by atoms with Crippen LogP contribution in [0.2, 0.25) is 0 Å². The van der Waals surface area contributed by atoms with Gasteiger partial charge in [-0.1, -0.05) is 11.8 Å². The molecule has 2 aromatic rings. The third-order valence-corrected chi connectivity index (χ3v) is 3.76. The van der Waals surface area contributed by atoms with Crippen molar-refractivity contribution in [2.45, 2.75) is 31.5 Å². The van der Waals surface area contributed by atoms with Crippen molar-refractivity contribution in [2.24, 2.45) is 0 Å². The Morgan fingerprint density at radius 1 is 1.32 bits per heavy atom. The molecule has 2 amide bonds. The van der Waals surface area contributed by atoms with Gasteiger partial charge in [0.2, 0.25) is 17.7 Å². The fourth-order valence-electron chi connectivity index (χ4n) is 1.87. The van der Waals surface area contributed by atoms with E-state index in [2.05, 4.69) is 20.5 Å². The maximum absolute atomic E-state index is 12.1. The number of nitrogens with zero attached hydrogens (tertiary/aromatic N) is 4. The summed E-state index contributed by atoms with van der Waals surface area (Å²) in [6.07, 6.45) is 3.27. The number of carbonyl (C=O) groups excluding carboxylic acids is 2. The van der Waals surface area contributed by atoms with Crippen molar-refractivity contribution in [2.75, 3.05) is 19.3 Å². The van der Waals surface area contributed by atoms with Crippen LogP contribution >= 0.6 is 11.8 Å². The summed E-state index contributed by atoms with van der Waals surface area (Å²) in [6.45, 7) is 5.66. The second-order valence-electron chi connectivity index (χ2n) is 6.45. The van der Waals surface area contributed by atoms with Gasteiger partial charge in [-0.05, 0) is 32.9 Å². The van der Waals surface area contributed by atoms with Gasteiger partial charge in [-0.2, -0.15) is 0 Å². The lowest BCUT2D eigenvalue weighted by atomic mass is 10.1. The highest BCUT2D eigenvalue weighted by atomic mass is 32.2. The maximum Gasteiger partial charge on any atom is 0.277 e. The van der Waals surface area contributed by atoms with E-state index in [0.29, 0.717) is 16.7 Å².